The van der Waals surface area contributed by atoms with Gasteiger partial charge in [0.25, 0.3) is 32.1 Å². The summed E-state index contributed by atoms with van der Waals surface area (Å²) in [6.45, 7) is 0. The summed E-state index contributed by atoms with van der Waals surface area (Å²) in [6.07, 6.45) is 0. The van der Waals surface area contributed by atoms with Gasteiger partial charge in [-0.1, -0.05) is 48.5 Å². The van der Waals surface area contributed by atoms with Gasteiger partial charge in [-0.2, -0.15) is 16.8 Å². The molecule has 52 heavy (non-hydrogen) atoms. The van der Waals surface area contributed by atoms with Crippen LogP contribution in [0.5, 0.6) is 11.5 Å². The molecule has 6 aromatic carbocycles. The van der Waals surface area contributed by atoms with Crippen molar-refractivity contribution in [1.29, 1.82) is 0 Å². The summed E-state index contributed by atoms with van der Waals surface area (Å²) in [5, 5.41) is 31.5. The van der Waals surface area contributed by atoms with E-state index in [9.17, 15) is 50.5 Å². The molecule has 0 aliphatic rings. The second-order valence-electron chi connectivity index (χ2n) is 11.2. The first-order valence-corrected chi connectivity index (χ1v) is 17.8. The summed E-state index contributed by atoms with van der Waals surface area (Å²) in [5.74, 6) is -2.30. The Labute approximate surface area is 295 Å². The summed E-state index contributed by atoms with van der Waals surface area (Å²) >= 11 is 0. The molecule has 0 saturated heterocycles. The number of aromatic hydroxyl groups is 2. The highest BCUT2D eigenvalue weighted by Crippen LogP contribution is 2.38. The van der Waals surface area contributed by atoms with E-state index in [4.69, 9.17) is 0 Å². The lowest BCUT2D eigenvalue weighted by Gasteiger charge is -2.14. The quantitative estimate of drug-likeness (QED) is 0.0659. The van der Waals surface area contributed by atoms with Gasteiger partial charge in [0.05, 0.1) is 11.4 Å². The SMILES string of the molecule is O=C(Nc1ccc(C(=O)Nc2c(S(=O)(=O)O)cc(O)c3ccccc23)cc1)Nc1ccc(C(=O)Nc2c(S(=O)(=O)O)cc(O)c3ccccc23)cc1. The van der Waals surface area contributed by atoms with E-state index >= 15 is 0 Å². The van der Waals surface area contributed by atoms with Crippen molar-refractivity contribution >= 4 is 82.4 Å². The Kier molecular flexibility index (Phi) is 9.26. The van der Waals surface area contributed by atoms with Crippen molar-refractivity contribution in [2.75, 3.05) is 21.3 Å². The van der Waals surface area contributed by atoms with E-state index in [1.54, 1.807) is 24.3 Å². The van der Waals surface area contributed by atoms with E-state index in [1.807, 2.05) is 0 Å². The first kappa shape index (κ1) is 35.3. The van der Waals surface area contributed by atoms with Crippen LogP contribution in [0, 0.1) is 0 Å². The largest absolute Gasteiger partial charge is 0.507 e. The van der Waals surface area contributed by atoms with Crippen molar-refractivity contribution in [2.45, 2.75) is 9.79 Å². The first-order valence-electron chi connectivity index (χ1n) is 15.0. The average Bonchev–Trinajstić information content (AvgIpc) is 3.10. The number of nitrogens with one attached hydrogen (secondary N) is 4. The van der Waals surface area contributed by atoms with Gasteiger partial charge in [-0.3, -0.25) is 18.7 Å². The number of hydrogen-bond acceptors (Lipinski definition) is 9. The number of benzene rings is 6. The first-order chi connectivity index (χ1) is 24.6. The molecule has 0 aromatic heterocycles. The highest BCUT2D eigenvalue weighted by molar-refractivity contribution is 7.86. The summed E-state index contributed by atoms with van der Waals surface area (Å²) in [4.78, 5) is 37.5. The molecule has 6 rings (SSSR count). The van der Waals surface area contributed by atoms with E-state index in [1.165, 1.54) is 72.8 Å². The molecule has 15 nitrogen and oxygen atoms in total. The minimum atomic E-state index is -4.84. The Morgan fingerprint density at radius 1 is 0.462 bits per heavy atom. The zero-order chi connectivity index (χ0) is 37.4. The van der Waals surface area contributed by atoms with Gasteiger partial charge in [0, 0.05) is 56.2 Å². The molecule has 4 amide bonds. The van der Waals surface area contributed by atoms with Crippen molar-refractivity contribution < 1.29 is 50.5 Å². The van der Waals surface area contributed by atoms with Gasteiger partial charge in [0.2, 0.25) is 0 Å². The molecule has 0 saturated carbocycles. The number of rotatable bonds is 8. The number of amides is 4. The Hall–Kier alpha value is -6.53. The lowest BCUT2D eigenvalue weighted by molar-refractivity contribution is 0.101. The monoisotopic (exact) mass is 742 g/mol. The molecule has 17 heteroatoms. The van der Waals surface area contributed by atoms with Crippen molar-refractivity contribution in [3.05, 3.63) is 120 Å². The molecule has 0 radical (unpaired) electrons. The van der Waals surface area contributed by atoms with Crippen molar-refractivity contribution in [2.24, 2.45) is 0 Å². The highest BCUT2D eigenvalue weighted by atomic mass is 32.2. The predicted molar refractivity (Wildman–Crippen MR) is 192 cm³/mol. The molecule has 0 unspecified atom stereocenters. The van der Waals surface area contributed by atoms with Gasteiger partial charge in [-0.05, 0) is 48.5 Å². The highest BCUT2D eigenvalue weighted by Gasteiger charge is 2.24. The van der Waals surface area contributed by atoms with Crippen LogP contribution < -0.4 is 21.3 Å². The van der Waals surface area contributed by atoms with Crippen LogP contribution in [-0.4, -0.2) is 54.0 Å². The number of urea groups is 1. The van der Waals surface area contributed by atoms with Gasteiger partial charge in [0.1, 0.15) is 21.3 Å². The smallest absolute Gasteiger partial charge is 0.323 e. The molecule has 0 aliphatic carbocycles. The van der Waals surface area contributed by atoms with Crippen molar-refractivity contribution in [3.8, 4) is 11.5 Å². The average molecular weight is 743 g/mol. The van der Waals surface area contributed by atoms with Crippen LogP contribution in [0.1, 0.15) is 20.7 Å². The maximum absolute atomic E-state index is 13.1. The minimum Gasteiger partial charge on any atom is -0.507 e. The topological polar surface area (TPSA) is 249 Å². The zero-order valence-electron chi connectivity index (χ0n) is 26.4. The third-order valence-corrected chi connectivity index (χ3v) is 9.57. The normalized spacial score (nSPS) is 11.6. The molecule has 0 heterocycles. The zero-order valence-corrected chi connectivity index (χ0v) is 28.0. The molecule has 0 fully saturated rings. The number of anilines is 4. The number of phenols is 2. The molecular weight excluding hydrogens is 717 g/mol. The van der Waals surface area contributed by atoms with Crippen LogP contribution >= 0.6 is 0 Å². The number of carbonyl (C=O) groups excluding carboxylic acids is 3. The summed E-state index contributed by atoms with van der Waals surface area (Å²) in [7, 11) is -9.68. The van der Waals surface area contributed by atoms with E-state index in [0.717, 1.165) is 12.1 Å². The number of carbonyl (C=O) groups is 3. The fourth-order valence-electron chi connectivity index (χ4n) is 5.40. The molecule has 0 atom stereocenters. The van der Waals surface area contributed by atoms with Gasteiger partial charge in [-0.25, -0.2) is 4.79 Å². The van der Waals surface area contributed by atoms with Gasteiger partial charge >= 0.3 is 6.03 Å². The minimum absolute atomic E-state index is 0.0716. The third-order valence-electron chi connectivity index (χ3n) is 7.82. The van der Waals surface area contributed by atoms with Crippen LogP contribution in [0.2, 0.25) is 0 Å². The Morgan fingerprint density at radius 2 is 0.788 bits per heavy atom. The molecule has 8 N–H and O–H groups in total. The summed E-state index contributed by atoms with van der Waals surface area (Å²) < 4.78 is 67.7. The van der Waals surface area contributed by atoms with Crippen molar-refractivity contribution in [1.82, 2.24) is 0 Å². The summed E-state index contributed by atoms with van der Waals surface area (Å²) in [6, 6.07) is 24.4. The van der Waals surface area contributed by atoms with Crippen molar-refractivity contribution in [3.63, 3.8) is 0 Å². The maximum atomic E-state index is 13.1. The number of fused-ring (bicyclic) bond motifs is 2. The van der Waals surface area contributed by atoms with Crippen LogP contribution in [0.3, 0.4) is 0 Å². The van der Waals surface area contributed by atoms with E-state index in [-0.39, 0.29) is 55.4 Å². The van der Waals surface area contributed by atoms with E-state index in [2.05, 4.69) is 21.3 Å². The van der Waals surface area contributed by atoms with Crippen LogP contribution in [0.25, 0.3) is 21.5 Å². The second-order valence-corrected chi connectivity index (χ2v) is 14.0. The molecule has 264 valence electrons. The predicted octanol–water partition coefficient (Wildman–Crippen LogP) is 6.05. The standard InChI is InChI=1S/C35H26N4O11S2/c40-27-17-29(51(45,46)47)31(25-7-3-1-5-23(25)27)38-33(42)19-9-13-21(14-10-19)36-35(44)37-22-15-11-20(12-16-22)34(43)39-32-26-8-4-2-6-24(26)28(41)18-30(32)52(48,49)50/h1-18,40-41H,(H,38,42)(H,39,43)(H2,36,37,44)(H,45,46,47)(H,48,49,50). The molecule has 6 aromatic rings. The fourth-order valence-corrected chi connectivity index (χ4v) is 6.76. The Bertz CT molecular complexity index is 2460. The second kappa shape index (κ2) is 13.6. The Balaban J connectivity index is 1.12. The number of hydrogen-bond donors (Lipinski definition) is 8. The lowest BCUT2D eigenvalue weighted by Crippen LogP contribution is -2.20. The molecule has 0 spiro atoms. The van der Waals surface area contributed by atoms with Gasteiger partial charge < -0.3 is 31.5 Å². The van der Waals surface area contributed by atoms with E-state index < -0.39 is 59.4 Å². The molecule has 0 bridgehead atoms. The fraction of sp³-hybridized carbons (Fsp3) is 0. The maximum Gasteiger partial charge on any atom is 0.323 e. The van der Waals surface area contributed by atoms with E-state index in [0.29, 0.717) is 0 Å². The summed E-state index contributed by atoms with van der Waals surface area (Å²) in [5.41, 5.74) is 0.221. The molecular formula is C35H26N4O11S2. The van der Waals surface area contributed by atoms with Crippen LogP contribution in [-0.2, 0) is 20.2 Å². The third kappa shape index (κ3) is 7.32. The lowest BCUT2D eigenvalue weighted by atomic mass is 10.1. The van der Waals surface area contributed by atoms with Gasteiger partial charge in [0.15, 0.2) is 0 Å². The van der Waals surface area contributed by atoms with Gasteiger partial charge in [-0.15, -0.1) is 0 Å². The molecule has 0 aliphatic heterocycles. The van der Waals surface area contributed by atoms with Crippen LogP contribution in [0.15, 0.2) is 119 Å². The number of phenolic OH excluding ortho intramolecular Hbond substituents is 2. The van der Waals surface area contributed by atoms with Crippen LogP contribution in [0.4, 0.5) is 27.5 Å². The Morgan fingerprint density at radius 3 is 1.12 bits per heavy atom.